The number of hydrogen-bond donors (Lipinski definition) is 1. The monoisotopic (exact) mass is 270 g/mol. The third kappa shape index (κ3) is 2.79. The molecular formula is C15H18N4O. The third-order valence-corrected chi connectivity index (χ3v) is 3.59. The fourth-order valence-electron chi connectivity index (χ4n) is 2.31. The first kappa shape index (κ1) is 13.0. The van der Waals surface area contributed by atoms with E-state index in [0.717, 1.165) is 37.1 Å². The van der Waals surface area contributed by atoms with E-state index in [0.29, 0.717) is 5.69 Å². The highest BCUT2D eigenvalue weighted by molar-refractivity contribution is 5.94. The Labute approximate surface area is 118 Å². The van der Waals surface area contributed by atoms with Crippen LogP contribution in [0.5, 0.6) is 0 Å². The smallest absolute Gasteiger partial charge is 0.284 e. The lowest BCUT2D eigenvalue weighted by molar-refractivity contribution is 0.0658. The van der Waals surface area contributed by atoms with Crippen LogP contribution in [-0.4, -0.2) is 54.0 Å². The van der Waals surface area contributed by atoms with Gasteiger partial charge in [0.25, 0.3) is 5.91 Å². The molecule has 1 amide bonds. The summed E-state index contributed by atoms with van der Waals surface area (Å²) in [6.07, 6.45) is 0. The predicted molar refractivity (Wildman–Crippen MR) is 78.3 cm³/mol. The molecule has 2 aromatic rings. The maximum absolute atomic E-state index is 12.2. The van der Waals surface area contributed by atoms with Crippen molar-refractivity contribution in [2.45, 2.75) is 0 Å². The summed E-state index contributed by atoms with van der Waals surface area (Å²) < 4.78 is 0. The standard InChI is InChI=1S/C15H18N4O/c1-18-8-10-19(11-9-18)17-15(20)14-7-6-12-4-2-3-5-13(12)16-14/h2-7H,8-11H2,1H3,(H,17,20). The summed E-state index contributed by atoms with van der Waals surface area (Å²) >= 11 is 0. The summed E-state index contributed by atoms with van der Waals surface area (Å²) in [4.78, 5) is 18.9. The van der Waals surface area contributed by atoms with Gasteiger partial charge in [-0.3, -0.25) is 10.2 Å². The quantitative estimate of drug-likeness (QED) is 0.888. The van der Waals surface area contributed by atoms with Crippen molar-refractivity contribution >= 4 is 16.8 Å². The minimum Gasteiger partial charge on any atom is -0.304 e. The summed E-state index contributed by atoms with van der Waals surface area (Å²) in [6, 6.07) is 11.5. The van der Waals surface area contributed by atoms with Crippen LogP contribution in [0.3, 0.4) is 0 Å². The van der Waals surface area contributed by atoms with Crippen LogP contribution < -0.4 is 5.43 Å². The van der Waals surface area contributed by atoms with Gasteiger partial charge in [-0.25, -0.2) is 9.99 Å². The van der Waals surface area contributed by atoms with Gasteiger partial charge in [0.2, 0.25) is 0 Å². The molecule has 1 aliphatic rings. The fraction of sp³-hybridized carbons (Fsp3) is 0.333. The van der Waals surface area contributed by atoms with E-state index in [1.165, 1.54) is 0 Å². The van der Waals surface area contributed by atoms with Crippen LogP contribution in [0, 0.1) is 0 Å². The van der Waals surface area contributed by atoms with Crippen LogP contribution in [0.25, 0.3) is 10.9 Å². The van der Waals surface area contributed by atoms with E-state index in [9.17, 15) is 4.79 Å². The lowest BCUT2D eigenvalue weighted by atomic mass is 10.2. The molecule has 0 unspecified atom stereocenters. The molecule has 1 fully saturated rings. The number of amides is 1. The molecule has 0 bridgehead atoms. The van der Waals surface area contributed by atoms with Crippen molar-refractivity contribution in [1.29, 1.82) is 0 Å². The largest absolute Gasteiger partial charge is 0.304 e. The molecule has 0 radical (unpaired) electrons. The number of nitrogens with zero attached hydrogens (tertiary/aromatic N) is 3. The van der Waals surface area contributed by atoms with E-state index in [4.69, 9.17) is 0 Å². The number of benzene rings is 1. The molecule has 0 spiro atoms. The molecule has 1 N–H and O–H groups in total. The van der Waals surface area contributed by atoms with Gasteiger partial charge in [-0.05, 0) is 19.2 Å². The Bertz CT molecular complexity index is 620. The van der Waals surface area contributed by atoms with Crippen LogP contribution in [-0.2, 0) is 0 Å². The number of piperazine rings is 1. The molecule has 1 saturated heterocycles. The molecule has 3 rings (SSSR count). The number of pyridine rings is 1. The van der Waals surface area contributed by atoms with Crippen molar-refractivity contribution in [3.8, 4) is 0 Å². The Morgan fingerprint density at radius 2 is 1.85 bits per heavy atom. The molecule has 1 aromatic carbocycles. The average Bonchev–Trinajstić information content (AvgIpc) is 2.49. The third-order valence-electron chi connectivity index (χ3n) is 3.59. The number of fused-ring (bicyclic) bond motifs is 1. The first-order valence-electron chi connectivity index (χ1n) is 6.83. The normalized spacial score (nSPS) is 17.2. The summed E-state index contributed by atoms with van der Waals surface area (Å²) in [5.41, 5.74) is 4.23. The van der Waals surface area contributed by atoms with Gasteiger partial charge in [-0.15, -0.1) is 0 Å². The van der Waals surface area contributed by atoms with Crippen molar-refractivity contribution in [1.82, 2.24) is 20.3 Å². The number of carbonyl (C=O) groups is 1. The lowest BCUT2D eigenvalue weighted by Gasteiger charge is -2.32. The Hall–Kier alpha value is -1.98. The summed E-state index contributed by atoms with van der Waals surface area (Å²) in [5, 5.41) is 3.00. The molecule has 104 valence electrons. The van der Waals surface area contributed by atoms with Gasteiger partial charge in [0.1, 0.15) is 5.69 Å². The topological polar surface area (TPSA) is 48.5 Å². The Balaban J connectivity index is 1.72. The fourth-order valence-corrected chi connectivity index (χ4v) is 2.31. The molecule has 1 aliphatic heterocycles. The van der Waals surface area contributed by atoms with Gasteiger partial charge in [0.15, 0.2) is 0 Å². The first-order chi connectivity index (χ1) is 9.72. The average molecular weight is 270 g/mol. The van der Waals surface area contributed by atoms with Gasteiger partial charge in [-0.2, -0.15) is 0 Å². The summed E-state index contributed by atoms with van der Waals surface area (Å²) in [6.45, 7) is 3.61. The summed E-state index contributed by atoms with van der Waals surface area (Å²) in [7, 11) is 2.09. The predicted octanol–water partition coefficient (Wildman–Crippen LogP) is 1.13. The lowest BCUT2D eigenvalue weighted by Crippen LogP contribution is -2.52. The highest BCUT2D eigenvalue weighted by Crippen LogP contribution is 2.11. The van der Waals surface area contributed by atoms with Crippen molar-refractivity contribution in [3.63, 3.8) is 0 Å². The van der Waals surface area contributed by atoms with Crippen molar-refractivity contribution in [2.75, 3.05) is 33.2 Å². The van der Waals surface area contributed by atoms with Crippen LogP contribution >= 0.6 is 0 Å². The van der Waals surface area contributed by atoms with Gasteiger partial charge < -0.3 is 4.90 Å². The highest BCUT2D eigenvalue weighted by Gasteiger charge is 2.17. The molecule has 1 aromatic heterocycles. The second-order valence-corrected chi connectivity index (χ2v) is 5.12. The van der Waals surface area contributed by atoms with E-state index >= 15 is 0 Å². The van der Waals surface area contributed by atoms with Gasteiger partial charge in [0, 0.05) is 31.6 Å². The number of hydrazine groups is 1. The van der Waals surface area contributed by atoms with Crippen molar-refractivity contribution in [3.05, 3.63) is 42.1 Å². The number of para-hydroxylation sites is 1. The second-order valence-electron chi connectivity index (χ2n) is 5.12. The molecular weight excluding hydrogens is 252 g/mol. The number of rotatable bonds is 2. The minimum absolute atomic E-state index is 0.139. The molecule has 5 heteroatoms. The number of likely N-dealkylation sites (N-methyl/N-ethyl adjacent to an activating group) is 1. The molecule has 0 aliphatic carbocycles. The molecule has 0 atom stereocenters. The van der Waals surface area contributed by atoms with E-state index in [1.807, 2.05) is 35.3 Å². The number of nitrogens with one attached hydrogen (secondary N) is 1. The Kier molecular flexibility index (Phi) is 3.62. The van der Waals surface area contributed by atoms with Crippen LogP contribution in [0.1, 0.15) is 10.5 Å². The molecule has 2 heterocycles. The molecule has 0 saturated carbocycles. The maximum Gasteiger partial charge on any atom is 0.284 e. The van der Waals surface area contributed by atoms with Gasteiger partial charge >= 0.3 is 0 Å². The number of hydrogen-bond acceptors (Lipinski definition) is 4. The Morgan fingerprint density at radius 1 is 1.10 bits per heavy atom. The number of carbonyl (C=O) groups excluding carboxylic acids is 1. The zero-order chi connectivity index (χ0) is 13.9. The van der Waals surface area contributed by atoms with E-state index in [1.54, 1.807) is 6.07 Å². The van der Waals surface area contributed by atoms with Crippen LogP contribution in [0.15, 0.2) is 36.4 Å². The second kappa shape index (κ2) is 5.56. The highest BCUT2D eigenvalue weighted by atomic mass is 16.2. The molecule has 5 nitrogen and oxygen atoms in total. The zero-order valence-electron chi connectivity index (χ0n) is 11.5. The van der Waals surface area contributed by atoms with Gasteiger partial charge in [0.05, 0.1) is 5.52 Å². The van der Waals surface area contributed by atoms with E-state index in [-0.39, 0.29) is 5.91 Å². The minimum atomic E-state index is -0.139. The van der Waals surface area contributed by atoms with E-state index < -0.39 is 0 Å². The zero-order valence-corrected chi connectivity index (χ0v) is 11.5. The summed E-state index contributed by atoms with van der Waals surface area (Å²) in [5.74, 6) is -0.139. The van der Waals surface area contributed by atoms with E-state index in [2.05, 4.69) is 22.4 Å². The maximum atomic E-state index is 12.2. The SMILES string of the molecule is CN1CCN(NC(=O)c2ccc3ccccc3n2)CC1. The number of aromatic nitrogens is 1. The first-order valence-corrected chi connectivity index (χ1v) is 6.83. The Morgan fingerprint density at radius 3 is 2.65 bits per heavy atom. The van der Waals surface area contributed by atoms with Gasteiger partial charge in [-0.1, -0.05) is 24.3 Å². The van der Waals surface area contributed by atoms with Crippen LogP contribution in [0.2, 0.25) is 0 Å². The molecule has 20 heavy (non-hydrogen) atoms. The van der Waals surface area contributed by atoms with Crippen molar-refractivity contribution < 1.29 is 4.79 Å². The van der Waals surface area contributed by atoms with Crippen LogP contribution in [0.4, 0.5) is 0 Å². The van der Waals surface area contributed by atoms with Crippen molar-refractivity contribution in [2.24, 2.45) is 0 Å².